The number of benzene rings is 2. The fourth-order valence-corrected chi connectivity index (χ4v) is 5.25. The molecule has 0 radical (unpaired) electrons. The van der Waals surface area contributed by atoms with E-state index in [2.05, 4.69) is 23.8 Å². The van der Waals surface area contributed by atoms with Crippen LogP contribution in [0, 0.1) is 17.6 Å². The summed E-state index contributed by atoms with van der Waals surface area (Å²) in [4.78, 5) is 0. The van der Waals surface area contributed by atoms with Gasteiger partial charge in [0.05, 0.1) is 0 Å². The maximum absolute atomic E-state index is 14.5. The molecule has 2 aliphatic rings. The molecule has 0 unspecified atom stereocenters. The molecule has 1 fully saturated rings. The summed E-state index contributed by atoms with van der Waals surface area (Å²) in [6.45, 7) is 2.24. The van der Waals surface area contributed by atoms with E-state index in [9.17, 15) is 22.0 Å². The van der Waals surface area contributed by atoms with Crippen LogP contribution in [0.3, 0.4) is 0 Å². The Morgan fingerprint density at radius 1 is 1.00 bits per heavy atom. The van der Waals surface area contributed by atoms with E-state index in [1.165, 1.54) is 50.5 Å². The van der Waals surface area contributed by atoms with Crippen molar-refractivity contribution in [1.29, 1.82) is 0 Å². The van der Waals surface area contributed by atoms with Gasteiger partial charge in [-0.25, -0.2) is 8.78 Å². The van der Waals surface area contributed by atoms with Crippen LogP contribution in [0.2, 0.25) is 0 Å². The van der Waals surface area contributed by atoms with E-state index in [1.54, 1.807) is 6.08 Å². The first-order valence-electron chi connectivity index (χ1n) is 11.8. The van der Waals surface area contributed by atoms with Gasteiger partial charge in [0.2, 0.25) is 5.75 Å². The minimum atomic E-state index is -5.15. The second-order valence-corrected chi connectivity index (χ2v) is 9.28. The van der Waals surface area contributed by atoms with Crippen LogP contribution in [0.1, 0.15) is 80.0 Å². The number of alkyl halides is 3. The third-order valence-electron chi connectivity index (χ3n) is 7.09. The molecule has 2 aromatic rings. The fraction of sp³-hybridized carbons (Fsp3) is 0.481. The zero-order valence-electron chi connectivity index (χ0n) is 18.8. The highest BCUT2D eigenvalue weighted by Crippen LogP contribution is 2.39. The van der Waals surface area contributed by atoms with Crippen molar-refractivity contribution < 1.29 is 26.7 Å². The van der Waals surface area contributed by atoms with Crippen molar-refractivity contribution in [3.63, 3.8) is 0 Å². The molecule has 0 spiro atoms. The quantitative estimate of drug-likeness (QED) is 0.389. The second kappa shape index (κ2) is 9.86. The van der Waals surface area contributed by atoms with Gasteiger partial charge in [0.1, 0.15) is 0 Å². The predicted octanol–water partition coefficient (Wildman–Crippen LogP) is 8.51. The van der Waals surface area contributed by atoms with Crippen molar-refractivity contribution in [2.45, 2.75) is 77.0 Å². The lowest BCUT2D eigenvalue weighted by atomic mass is 9.77. The number of halogens is 5. The van der Waals surface area contributed by atoms with Crippen molar-refractivity contribution in [3.8, 4) is 5.75 Å². The smallest absolute Gasteiger partial charge is 0.399 e. The molecule has 0 heterocycles. The molecule has 0 aromatic heterocycles. The van der Waals surface area contributed by atoms with Crippen LogP contribution in [0.5, 0.6) is 5.75 Å². The van der Waals surface area contributed by atoms with Crippen LogP contribution in [0.25, 0.3) is 5.57 Å². The molecule has 2 aromatic carbocycles. The molecule has 4 rings (SSSR count). The van der Waals surface area contributed by atoms with Crippen LogP contribution < -0.4 is 4.74 Å². The van der Waals surface area contributed by atoms with Crippen LogP contribution in [0.4, 0.5) is 22.0 Å². The van der Waals surface area contributed by atoms with Gasteiger partial charge in [-0.1, -0.05) is 56.5 Å². The first-order valence-corrected chi connectivity index (χ1v) is 11.8. The molecule has 2 aliphatic carbocycles. The summed E-state index contributed by atoms with van der Waals surface area (Å²) < 4.78 is 69.7. The molecule has 0 N–H and O–H groups in total. The molecule has 6 heteroatoms. The van der Waals surface area contributed by atoms with Crippen molar-refractivity contribution in [2.24, 2.45) is 5.92 Å². The lowest BCUT2D eigenvalue weighted by Gasteiger charge is -2.29. The lowest BCUT2D eigenvalue weighted by molar-refractivity contribution is -0.276. The van der Waals surface area contributed by atoms with Gasteiger partial charge in [0.25, 0.3) is 0 Å². The van der Waals surface area contributed by atoms with Crippen molar-refractivity contribution in [2.75, 3.05) is 0 Å². The normalized spacial score (nSPS) is 20.8. The summed E-state index contributed by atoms with van der Waals surface area (Å²) in [6, 6.07) is 9.33. The second-order valence-electron chi connectivity index (χ2n) is 9.28. The Bertz CT molecular complexity index is 999. The van der Waals surface area contributed by atoms with Gasteiger partial charge < -0.3 is 4.74 Å². The zero-order valence-corrected chi connectivity index (χ0v) is 18.8. The highest BCUT2D eigenvalue weighted by atomic mass is 19.4. The van der Waals surface area contributed by atoms with Gasteiger partial charge in [-0.3, -0.25) is 0 Å². The molecular weight excluding hydrogens is 435 g/mol. The first-order chi connectivity index (χ1) is 15.7. The van der Waals surface area contributed by atoms with Gasteiger partial charge >= 0.3 is 6.36 Å². The minimum Gasteiger partial charge on any atom is -0.399 e. The Balaban J connectivity index is 1.44. The summed E-state index contributed by atoms with van der Waals surface area (Å²) in [5.41, 5.74) is 3.62. The highest BCUT2D eigenvalue weighted by molar-refractivity contribution is 5.71. The van der Waals surface area contributed by atoms with E-state index in [4.69, 9.17) is 0 Å². The van der Waals surface area contributed by atoms with E-state index in [0.29, 0.717) is 11.5 Å². The zero-order chi connectivity index (χ0) is 23.6. The number of allylic oxidation sites excluding steroid dienone is 2. The molecule has 178 valence electrons. The number of unbranched alkanes of at least 4 members (excludes halogenated alkanes) is 1. The van der Waals surface area contributed by atoms with E-state index in [-0.39, 0.29) is 18.4 Å². The molecule has 1 nitrogen and oxygen atoms in total. The maximum atomic E-state index is 14.5. The maximum Gasteiger partial charge on any atom is 0.573 e. The predicted molar refractivity (Wildman–Crippen MR) is 119 cm³/mol. The molecule has 33 heavy (non-hydrogen) atoms. The van der Waals surface area contributed by atoms with Crippen molar-refractivity contribution in [3.05, 3.63) is 70.3 Å². The largest absolute Gasteiger partial charge is 0.573 e. The SMILES string of the molecule is CCCCC1CCC(c2ccc(C3=CCc4c(cc(F)c(OC(F)(F)F)c4F)C3)cc2)CC1. The molecule has 1 saturated carbocycles. The van der Waals surface area contributed by atoms with Crippen molar-refractivity contribution in [1.82, 2.24) is 0 Å². The van der Waals surface area contributed by atoms with Crippen LogP contribution in [-0.2, 0) is 12.8 Å². The number of rotatable bonds is 6. The van der Waals surface area contributed by atoms with Crippen LogP contribution in [0.15, 0.2) is 36.4 Å². The Morgan fingerprint density at radius 2 is 1.70 bits per heavy atom. The summed E-state index contributed by atoms with van der Waals surface area (Å²) in [6.07, 6.45) is 5.90. The summed E-state index contributed by atoms with van der Waals surface area (Å²) in [5.74, 6) is -2.56. The first kappa shape index (κ1) is 23.8. The molecular formula is C27H29F5O. The molecule has 0 aliphatic heterocycles. The van der Waals surface area contributed by atoms with Gasteiger partial charge in [0.15, 0.2) is 11.6 Å². The monoisotopic (exact) mass is 464 g/mol. The number of hydrogen-bond acceptors (Lipinski definition) is 1. The Kier molecular flexibility index (Phi) is 7.10. The van der Waals surface area contributed by atoms with Crippen molar-refractivity contribution >= 4 is 5.57 Å². The summed E-state index contributed by atoms with van der Waals surface area (Å²) >= 11 is 0. The van der Waals surface area contributed by atoms with E-state index < -0.39 is 23.7 Å². The van der Waals surface area contributed by atoms with Crippen LogP contribution >= 0.6 is 0 Å². The Hall–Kier alpha value is -2.37. The fourth-order valence-electron chi connectivity index (χ4n) is 5.25. The highest BCUT2D eigenvalue weighted by Gasteiger charge is 2.35. The van der Waals surface area contributed by atoms with Gasteiger partial charge in [0, 0.05) is 0 Å². The topological polar surface area (TPSA) is 9.23 Å². The number of ether oxygens (including phenoxy) is 1. The number of fused-ring (bicyclic) bond motifs is 1. The third kappa shape index (κ3) is 5.59. The molecule has 0 atom stereocenters. The average molecular weight is 465 g/mol. The average Bonchev–Trinajstić information content (AvgIpc) is 2.80. The van der Waals surface area contributed by atoms with Gasteiger partial charge in [-0.2, -0.15) is 0 Å². The Labute approximate surface area is 191 Å². The summed E-state index contributed by atoms with van der Waals surface area (Å²) in [7, 11) is 0. The summed E-state index contributed by atoms with van der Waals surface area (Å²) in [5, 5.41) is 0. The Morgan fingerprint density at radius 3 is 2.33 bits per heavy atom. The van der Waals surface area contributed by atoms with E-state index in [1.807, 2.05) is 12.1 Å². The molecule has 0 amide bonds. The van der Waals surface area contributed by atoms with Gasteiger partial charge in [-0.15, -0.1) is 13.2 Å². The van der Waals surface area contributed by atoms with Gasteiger partial charge in [-0.05, 0) is 84.3 Å². The minimum absolute atomic E-state index is 0.0517. The van der Waals surface area contributed by atoms with Crippen LogP contribution in [-0.4, -0.2) is 6.36 Å². The van der Waals surface area contributed by atoms with E-state index >= 15 is 0 Å². The standard InChI is InChI=1S/C27H29F5O/c1-2-3-4-17-5-7-18(8-6-17)19-9-11-20(12-10-19)21-13-14-23-22(15-21)16-24(28)26(25(23)29)33-27(30,31)32/h9-13,16-18H,2-8,14-15H2,1H3. The third-order valence-corrected chi connectivity index (χ3v) is 7.09. The van der Waals surface area contributed by atoms with E-state index in [0.717, 1.165) is 23.1 Å². The lowest BCUT2D eigenvalue weighted by Crippen LogP contribution is -2.20. The number of hydrogen-bond donors (Lipinski definition) is 0. The molecule has 0 bridgehead atoms. The molecule has 0 saturated heterocycles.